The van der Waals surface area contributed by atoms with Gasteiger partial charge in [0.25, 0.3) is 0 Å². The first kappa shape index (κ1) is 18.4. The van der Waals surface area contributed by atoms with Crippen molar-refractivity contribution in [3.63, 3.8) is 0 Å². The molecule has 0 spiro atoms. The summed E-state index contributed by atoms with van der Waals surface area (Å²) in [7, 11) is 0. The van der Waals surface area contributed by atoms with Crippen LogP contribution in [0.5, 0.6) is 0 Å². The van der Waals surface area contributed by atoms with Gasteiger partial charge in [-0.2, -0.15) is 0 Å². The highest BCUT2D eigenvalue weighted by atomic mass is 15.3. The first-order valence-corrected chi connectivity index (χ1v) is 9.99. The van der Waals surface area contributed by atoms with Gasteiger partial charge in [-0.25, -0.2) is 9.97 Å². The van der Waals surface area contributed by atoms with Crippen molar-refractivity contribution >= 4 is 17.3 Å². The quantitative estimate of drug-likeness (QED) is 0.654. The van der Waals surface area contributed by atoms with Crippen LogP contribution in [0, 0.1) is 0 Å². The van der Waals surface area contributed by atoms with Crippen molar-refractivity contribution < 1.29 is 0 Å². The van der Waals surface area contributed by atoms with Gasteiger partial charge in [0.15, 0.2) is 0 Å². The summed E-state index contributed by atoms with van der Waals surface area (Å²) < 4.78 is 0. The fourth-order valence-corrected chi connectivity index (χ4v) is 3.72. The molecule has 144 valence electrons. The zero-order valence-corrected chi connectivity index (χ0v) is 16.4. The average Bonchev–Trinajstić information content (AvgIpc) is 2.77. The lowest BCUT2D eigenvalue weighted by Crippen LogP contribution is -2.46. The summed E-state index contributed by atoms with van der Waals surface area (Å²) in [5.41, 5.74) is 2.53. The molecule has 0 saturated carbocycles. The molecule has 0 atom stereocenters. The van der Waals surface area contributed by atoms with E-state index >= 15 is 0 Å². The largest absolute Gasteiger partial charge is 0.354 e. The maximum absolute atomic E-state index is 4.55. The lowest BCUT2D eigenvalue weighted by atomic mass is 10.2. The number of aromatic nitrogens is 2. The Balaban J connectivity index is 1.42. The van der Waals surface area contributed by atoms with Crippen LogP contribution in [0.2, 0.25) is 0 Å². The van der Waals surface area contributed by atoms with Crippen LogP contribution in [0.15, 0.2) is 73.1 Å². The topological polar surface area (TPSA) is 35.5 Å². The van der Waals surface area contributed by atoms with Crippen LogP contribution in [-0.4, -0.2) is 47.6 Å². The molecule has 2 heterocycles. The van der Waals surface area contributed by atoms with Crippen LogP contribution in [0.25, 0.3) is 0 Å². The molecule has 2 aromatic carbocycles. The molecule has 1 saturated heterocycles. The van der Waals surface area contributed by atoms with E-state index in [1.54, 1.807) is 6.33 Å². The second-order valence-corrected chi connectivity index (χ2v) is 7.06. The van der Waals surface area contributed by atoms with E-state index in [4.69, 9.17) is 0 Å². The SMILES string of the molecule is CCN(c1ccccc1)c1cc(N2CCN(Cc3ccccc3)CC2)ncn1. The van der Waals surface area contributed by atoms with Crippen LogP contribution in [0.3, 0.4) is 0 Å². The van der Waals surface area contributed by atoms with Gasteiger partial charge in [0.2, 0.25) is 0 Å². The number of para-hydroxylation sites is 1. The molecule has 0 amide bonds. The van der Waals surface area contributed by atoms with E-state index in [-0.39, 0.29) is 0 Å². The molecule has 1 fully saturated rings. The highest BCUT2D eigenvalue weighted by Gasteiger charge is 2.19. The Morgan fingerprint density at radius 1 is 0.857 bits per heavy atom. The Morgan fingerprint density at radius 3 is 2.21 bits per heavy atom. The normalized spacial score (nSPS) is 14.8. The summed E-state index contributed by atoms with van der Waals surface area (Å²) in [5.74, 6) is 1.96. The maximum Gasteiger partial charge on any atom is 0.138 e. The Labute approximate surface area is 167 Å². The number of nitrogens with zero attached hydrogens (tertiary/aromatic N) is 5. The van der Waals surface area contributed by atoms with Crippen molar-refractivity contribution in [1.82, 2.24) is 14.9 Å². The van der Waals surface area contributed by atoms with Gasteiger partial charge in [-0.15, -0.1) is 0 Å². The van der Waals surface area contributed by atoms with Gasteiger partial charge >= 0.3 is 0 Å². The van der Waals surface area contributed by atoms with Crippen molar-refractivity contribution in [3.05, 3.63) is 78.6 Å². The third kappa shape index (κ3) is 4.31. The summed E-state index contributed by atoms with van der Waals surface area (Å²) in [5, 5.41) is 0. The smallest absolute Gasteiger partial charge is 0.138 e. The predicted molar refractivity (Wildman–Crippen MR) is 115 cm³/mol. The molecule has 5 nitrogen and oxygen atoms in total. The zero-order chi connectivity index (χ0) is 19.2. The molecule has 0 radical (unpaired) electrons. The fourth-order valence-electron chi connectivity index (χ4n) is 3.72. The van der Waals surface area contributed by atoms with Crippen LogP contribution in [-0.2, 0) is 6.54 Å². The number of anilines is 3. The van der Waals surface area contributed by atoms with Crippen LogP contribution in [0.1, 0.15) is 12.5 Å². The van der Waals surface area contributed by atoms with E-state index in [0.717, 1.165) is 56.6 Å². The summed E-state index contributed by atoms with van der Waals surface area (Å²) in [6, 6.07) is 23.2. The monoisotopic (exact) mass is 373 g/mol. The second-order valence-electron chi connectivity index (χ2n) is 7.06. The molecule has 1 aliphatic rings. The fraction of sp³-hybridized carbons (Fsp3) is 0.304. The molecule has 1 aliphatic heterocycles. The highest BCUT2D eigenvalue weighted by Crippen LogP contribution is 2.25. The van der Waals surface area contributed by atoms with Crippen molar-refractivity contribution in [2.24, 2.45) is 0 Å². The lowest BCUT2D eigenvalue weighted by Gasteiger charge is -2.35. The van der Waals surface area contributed by atoms with Crippen LogP contribution < -0.4 is 9.80 Å². The van der Waals surface area contributed by atoms with E-state index in [9.17, 15) is 0 Å². The minimum atomic E-state index is 0.866. The van der Waals surface area contributed by atoms with Crippen LogP contribution in [0.4, 0.5) is 17.3 Å². The standard InChI is InChI=1S/C23H27N5/c1-2-28(21-11-7-4-8-12-21)23-17-22(24-19-25-23)27-15-13-26(14-16-27)18-20-9-5-3-6-10-20/h3-12,17,19H,2,13-16,18H2,1H3. The van der Waals surface area contributed by atoms with Crippen molar-refractivity contribution in [1.29, 1.82) is 0 Å². The first-order valence-electron chi connectivity index (χ1n) is 9.99. The highest BCUT2D eigenvalue weighted by molar-refractivity contribution is 5.62. The molecule has 3 aromatic rings. The Hall–Kier alpha value is -2.92. The van der Waals surface area contributed by atoms with Crippen LogP contribution >= 0.6 is 0 Å². The molecule has 1 aromatic heterocycles. The molecule has 28 heavy (non-hydrogen) atoms. The summed E-state index contributed by atoms with van der Waals surface area (Å²) in [6.07, 6.45) is 1.69. The number of benzene rings is 2. The molecule has 0 unspecified atom stereocenters. The number of rotatable bonds is 6. The molecule has 4 rings (SSSR count). The molecular weight excluding hydrogens is 346 g/mol. The number of piperazine rings is 1. The van der Waals surface area contributed by atoms with Gasteiger partial charge in [-0.1, -0.05) is 48.5 Å². The van der Waals surface area contributed by atoms with Crippen molar-refractivity contribution in [2.45, 2.75) is 13.5 Å². The van der Waals surface area contributed by atoms with Gasteiger partial charge in [0, 0.05) is 51.0 Å². The van der Waals surface area contributed by atoms with Gasteiger partial charge in [0.05, 0.1) is 0 Å². The number of hydrogen-bond donors (Lipinski definition) is 0. The van der Waals surface area contributed by atoms with E-state index in [0.29, 0.717) is 0 Å². The lowest BCUT2D eigenvalue weighted by molar-refractivity contribution is 0.249. The van der Waals surface area contributed by atoms with Gasteiger partial charge in [-0.3, -0.25) is 4.90 Å². The van der Waals surface area contributed by atoms with Gasteiger partial charge < -0.3 is 9.80 Å². The van der Waals surface area contributed by atoms with E-state index in [1.807, 2.05) is 6.07 Å². The zero-order valence-electron chi connectivity index (χ0n) is 16.4. The summed E-state index contributed by atoms with van der Waals surface area (Å²) in [6.45, 7) is 8.10. The Kier molecular flexibility index (Phi) is 5.83. The molecule has 5 heteroatoms. The third-order valence-corrected chi connectivity index (χ3v) is 5.24. The van der Waals surface area contributed by atoms with Gasteiger partial charge in [0.1, 0.15) is 18.0 Å². The number of hydrogen-bond acceptors (Lipinski definition) is 5. The molecule has 0 N–H and O–H groups in total. The maximum atomic E-state index is 4.55. The molecular formula is C23H27N5. The van der Waals surface area contributed by atoms with E-state index < -0.39 is 0 Å². The Bertz CT molecular complexity index is 860. The third-order valence-electron chi connectivity index (χ3n) is 5.24. The summed E-state index contributed by atoms with van der Waals surface area (Å²) in [4.78, 5) is 16.2. The minimum absolute atomic E-state index is 0.866. The Morgan fingerprint density at radius 2 is 1.54 bits per heavy atom. The first-order chi connectivity index (χ1) is 13.8. The van der Waals surface area contributed by atoms with E-state index in [2.05, 4.69) is 92.3 Å². The minimum Gasteiger partial charge on any atom is -0.354 e. The van der Waals surface area contributed by atoms with E-state index in [1.165, 1.54) is 5.56 Å². The summed E-state index contributed by atoms with van der Waals surface area (Å²) >= 11 is 0. The second kappa shape index (κ2) is 8.85. The predicted octanol–water partition coefficient (Wildman–Crippen LogP) is 3.96. The van der Waals surface area contributed by atoms with Crippen molar-refractivity contribution in [3.8, 4) is 0 Å². The van der Waals surface area contributed by atoms with Crippen molar-refractivity contribution in [2.75, 3.05) is 42.5 Å². The molecule has 0 bridgehead atoms. The van der Waals surface area contributed by atoms with Gasteiger partial charge in [-0.05, 0) is 24.6 Å². The average molecular weight is 374 g/mol. The molecule has 0 aliphatic carbocycles.